The molecule has 0 fully saturated rings. The smallest absolute Gasteiger partial charge is 0.236 e. The Balaban J connectivity index is 1.59. The van der Waals surface area contributed by atoms with Crippen molar-refractivity contribution in [3.8, 4) is 0 Å². The first-order chi connectivity index (χ1) is 14.0. The molecule has 29 heavy (non-hydrogen) atoms. The van der Waals surface area contributed by atoms with Gasteiger partial charge < -0.3 is 10.2 Å². The Kier molecular flexibility index (Phi) is 5.12. The number of nitrogens with one attached hydrogen (secondary N) is 1. The van der Waals surface area contributed by atoms with E-state index < -0.39 is 5.92 Å². The standard InChI is InChI=1S/C22H23N5O2/c1-15(17-7-4-3-5-8-17)27-20(10-12-24-27)25-22(29)19-14-26(16(2)28)13-18-9-6-11-23-21(18)19/h3-12,15,19H,13-14H2,1-2H3,(H,25,29). The molecule has 1 aromatic carbocycles. The summed E-state index contributed by atoms with van der Waals surface area (Å²) in [5, 5.41) is 7.39. The number of hydrogen-bond donors (Lipinski definition) is 1. The summed E-state index contributed by atoms with van der Waals surface area (Å²) < 4.78 is 1.79. The predicted molar refractivity (Wildman–Crippen MR) is 109 cm³/mol. The highest BCUT2D eigenvalue weighted by atomic mass is 16.2. The van der Waals surface area contributed by atoms with Crippen molar-refractivity contribution in [1.82, 2.24) is 19.7 Å². The molecular formula is C22H23N5O2. The van der Waals surface area contributed by atoms with E-state index in [4.69, 9.17) is 0 Å². The molecule has 0 aliphatic carbocycles. The quantitative estimate of drug-likeness (QED) is 0.744. The lowest BCUT2D eigenvalue weighted by Gasteiger charge is -2.32. The number of benzene rings is 1. The van der Waals surface area contributed by atoms with E-state index in [2.05, 4.69) is 15.4 Å². The largest absolute Gasteiger partial charge is 0.337 e. The molecule has 3 aromatic rings. The van der Waals surface area contributed by atoms with Crippen molar-refractivity contribution >= 4 is 17.6 Å². The maximum atomic E-state index is 13.2. The lowest BCUT2D eigenvalue weighted by atomic mass is 9.94. The number of carbonyl (C=O) groups is 2. The molecule has 1 aliphatic heterocycles. The maximum Gasteiger partial charge on any atom is 0.236 e. The number of rotatable bonds is 4. The third-order valence-corrected chi connectivity index (χ3v) is 5.35. The maximum absolute atomic E-state index is 13.2. The molecule has 7 heteroatoms. The first kappa shape index (κ1) is 18.9. The lowest BCUT2D eigenvalue weighted by molar-refractivity contribution is -0.131. The second-order valence-corrected chi connectivity index (χ2v) is 7.24. The highest BCUT2D eigenvalue weighted by molar-refractivity contribution is 5.96. The van der Waals surface area contributed by atoms with E-state index in [-0.39, 0.29) is 17.9 Å². The number of carbonyl (C=O) groups excluding carboxylic acids is 2. The van der Waals surface area contributed by atoms with Crippen LogP contribution in [0.25, 0.3) is 0 Å². The molecule has 0 bridgehead atoms. The summed E-state index contributed by atoms with van der Waals surface area (Å²) in [7, 11) is 0. The van der Waals surface area contributed by atoms with Crippen LogP contribution in [-0.4, -0.2) is 38.0 Å². The monoisotopic (exact) mass is 389 g/mol. The Morgan fingerprint density at radius 2 is 1.90 bits per heavy atom. The average molecular weight is 389 g/mol. The number of aromatic nitrogens is 3. The molecule has 2 unspecified atom stereocenters. The van der Waals surface area contributed by atoms with Gasteiger partial charge in [0.05, 0.1) is 23.9 Å². The van der Waals surface area contributed by atoms with Gasteiger partial charge in [0.2, 0.25) is 11.8 Å². The minimum Gasteiger partial charge on any atom is -0.337 e. The molecule has 0 radical (unpaired) electrons. The molecule has 1 aliphatic rings. The fourth-order valence-corrected chi connectivity index (χ4v) is 3.73. The number of nitrogens with zero attached hydrogens (tertiary/aromatic N) is 4. The predicted octanol–water partition coefficient (Wildman–Crippen LogP) is 2.97. The number of amides is 2. The van der Waals surface area contributed by atoms with Gasteiger partial charge in [-0.3, -0.25) is 14.6 Å². The van der Waals surface area contributed by atoms with Crippen LogP contribution in [0.4, 0.5) is 5.82 Å². The SMILES string of the molecule is CC(=O)N1Cc2cccnc2C(C(=O)Nc2ccnn2C(C)c2ccccc2)C1. The van der Waals surface area contributed by atoms with Crippen LogP contribution in [0.1, 0.15) is 42.6 Å². The molecular weight excluding hydrogens is 366 g/mol. The van der Waals surface area contributed by atoms with Gasteiger partial charge >= 0.3 is 0 Å². The van der Waals surface area contributed by atoms with Gasteiger partial charge in [-0.05, 0) is 24.1 Å². The fraction of sp³-hybridized carbons (Fsp3) is 0.273. The molecule has 0 saturated carbocycles. The summed E-state index contributed by atoms with van der Waals surface area (Å²) in [6.45, 7) is 4.35. The summed E-state index contributed by atoms with van der Waals surface area (Å²) in [6.07, 6.45) is 3.36. The summed E-state index contributed by atoms with van der Waals surface area (Å²) in [6, 6.07) is 15.5. The summed E-state index contributed by atoms with van der Waals surface area (Å²) in [4.78, 5) is 31.2. The van der Waals surface area contributed by atoms with Gasteiger partial charge in [-0.25, -0.2) is 4.68 Å². The van der Waals surface area contributed by atoms with E-state index in [1.54, 1.807) is 28.0 Å². The van der Waals surface area contributed by atoms with Gasteiger partial charge in [-0.1, -0.05) is 36.4 Å². The number of hydrogen-bond acceptors (Lipinski definition) is 4. The molecule has 4 rings (SSSR count). The van der Waals surface area contributed by atoms with Crippen molar-refractivity contribution in [3.05, 3.63) is 77.7 Å². The summed E-state index contributed by atoms with van der Waals surface area (Å²) >= 11 is 0. The highest BCUT2D eigenvalue weighted by Crippen LogP contribution is 2.28. The van der Waals surface area contributed by atoms with Gasteiger partial charge in [0, 0.05) is 32.3 Å². The Labute approximate surface area is 169 Å². The van der Waals surface area contributed by atoms with Crippen LogP contribution >= 0.6 is 0 Å². The Morgan fingerprint density at radius 3 is 2.66 bits per heavy atom. The number of anilines is 1. The molecule has 148 valence electrons. The number of fused-ring (bicyclic) bond motifs is 1. The van der Waals surface area contributed by atoms with Crippen LogP contribution in [0.15, 0.2) is 60.9 Å². The van der Waals surface area contributed by atoms with Crippen LogP contribution in [0, 0.1) is 0 Å². The molecule has 0 saturated heterocycles. The summed E-state index contributed by atoms with van der Waals surface area (Å²) in [5.41, 5.74) is 2.73. The van der Waals surface area contributed by atoms with E-state index in [1.807, 2.05) is 49.4 Å². The van der Waals surface area contributed by atoms with Crippen molar-refractivity contribution in [2.75, 3.05) is 11.9 Å². The molecule has 0 spiro atoms. The third-order valence-electron chi connectivity index (χ3n) is 5.35. The van der Waals surface area contributed by atoms with Gasteiger partial charge in [0.15, 0.2) is 0 Å². The van der Waals surface area contributed by atoms with Crippen molar-refractivity contribution in [3.63, 3.8) is 0 Å². The lowest BCUT2D eigenvalue weighted by Crippen LogP contribution is -2.41. The molecule has 2 amide bonds. The first-order valence-electron chi connectivity index (χ1n) is 9.63. The zero-order valence-electron chi connectivity index (χ0n) is 16.4. The van der Waals surface area contributed by atoms with Crippen LogP contribution in [0.5, 0.6) is 0 Å². The van der Waals surface area contributed by atoms with E-state index in [0.29, 0.717) is 18.9 Å². The second-order valence-electron chi connectivity index (χ2n) is 7.24. The number of pyridine rings is 1. The zero-order chi connectivity index (χ0) is 20.4. The molecule has 2 aromatic heterocycles. The Hall–Kier alpha value is -3.48. The first-order valence-corrected chi connectivity index (χ1v) is 9.63. The van der Waals surface area contributed by atoms with Gasteiger partial charge in [-0.15, -0.1) is 0 Å². The Bertz CT molecular complexity index is 1030. The van der Waals surface area contributed by atoms with E-state index in [0.717, 1.165) is 16.8 Å². The summed E-state index contributed by atoms with van der Waals surface area (Å²) in [5.74, 6) is -0.166. The normalized spacial score (nSPS) is 16.8. The van der Waals surface area contributed by atoms with Crippen molar-refractivity contribution < 1.29 is 9.59 Å². The fourth-order valence-electron chi connectivity index (χ4n) is 3.73. The average Bonchev–Trinajstić information content (AvgIpc) is 3.20. The van der Waals surface area contributed by atoms with Crippen LogP contribution in [0.3, 0.4) is 0 Å². The van der Waals surface area contributed by atoms with Crippen LogP contribution in [-0.2, 0) is 16.1 Å². The van der Waals surface area contributed by atoms with Gasteiger partial charge in [0.25, 0.3) is 0 Å². The van der Waals surface area contributed by atoms with E-state index >= 15 is 0 Å². The minimum absolute atomic E-state index is 0.0352. The molecule has 1 N–H and O–H groups in total. The van der Waals surface area contributed by atoms with Crippen molar-refractivity contribution in [2.45, 2.75) is 32.4 Å². The zero-order valence-corrected chi connectivity index (χ0v) is 16.4. The van der Waals surface area contributed by atoms with Crippen molar-refractivity contribution in [2.24, 2.45) is 0 Å². The van der Waals surface area contributed by atoms with E-state index in [9.17, 15) is 9.59 Å². The second kappa shape index (κ2) is 7.87. The molecule has 2 atom stereocenters. The van der Waals surface area contributed by atoms with Crippen LogP contribution in [0.2, 0.25) is 0 Å². The van der Waals surface area contributed by atoms with Crippen LogP contribution < -0.4 is 5.32 Å². The Morgan fingerprint density at radius 1 is 1.10 bits per heavy atom. The highest BCUT2D eigenvalue weighted by Gasteiger charge is 2.33. The molecule has 7 nitrogen and oxygen atoms in total. The van der Waals surface area contributed by atoms with Gasteiger partial charge in [-0.2, -0.15) is 5.10 Å². The minimum atomic E-state index is -0.528. The topological polar surface area (TPSA) is 80.1 Å². The van der Waals surface area contributed by atoms with Gasteiger partial charge in [0.1, 0.15) is 5.82 Å². The van der Waals surface area contributed by atoms with Crippen molar-refractivity contribution in [1.29, 1.82) is 0 Å². The molecule has 3 heterocycles. The van der Waals surface area contributed by atoms with E-state index in [1.165, 1.54) is 6.92 Å². The third kappa shape index (κ3) is 3.76.